The van der Waals surface area contributed by atoms with Crippen molar-refractivity contribution in [3.63, 3.8) is 0 Å². The molecule has 9 rings (SSSR count). The Hall–Kier alpha value is -5.33. The van der Waals surface area contributed by atoms with Crippen LogP contribution in [-0.4, -0.2) is 51.1 Å². The maximum Gasteiger partial charge on any atom is 0.208 e. The first kappa shape index (κ1) is 40.3. The summed E-state index contributed by atoms with van der Waals surface area (Å²) >= 11 is 0. The molecular weight excluding hydrogens is 770 g/mol. The fourth-order valence-corrected chi connectivity index (χ4v) is 6.84. The molecule has 13 heteroatoms. The minimum Gasteiger partial charge on any atom is -0.357 e. The van der Waals surface area contributed by atoms with E-state index in [2.05, 4.69) is 32.4 Å². The molecule has 1 atom stereocenters. The first-order valence-corrected chi connectivity index (χ1v) is 20.4. The molecule has 1 radical (unpaired) electrons. The molecule has 3 aromatic heterocycles. The van der Waals surface area contributed by atoms with E-state index in [1.807, 2.05) is 111 Å². The Morgan fingerprint density at radius 3 is 1.11 bits per heavy atom. The van der Waals surface area contributed by atoms with Crippen LogP contribution in [0, 0.1) is 11.3 Å². The van der Waals surface area contributed by atoms with Gasteiger partial charge in [-0.05, 0) is 39.3 Å². The quantitative estimate of drug-likeness (QED) is 0.171. The van der Waals surface area contributed by atoms with Gasteiger partial charge in [0.25, 0.3) is 0 Å². The molecule has 5 heterocycles. The van der Waals surface area contributed by atoms with E-state index >= 15 is 0 Å². The van der Waals surface area contributed by atoms with Crippen molar-refractivity contribution in [2.45, 2.75) is 48.0 Å². The van der Waals surface area contributed by atoms with Gasteiger partial charge in [-0.2, -0.15) is 0 Å². The summed E-state index contributed by atoms with van der Waals surface area (Å²) in [5, 5.41) is 3.57. The van der Waals surface area contributed by atoms with Gasteiger partial charge in [-0.3, -0.25) is 0 Å². The van der Waals surface area contributed by atoms with Gasteiger partial charge in [0.05, 0.1) is 29.6 Å². The minimum absolute atomic E-state index is 0. The second kappa shape index (κ2) is 16.4. The first-order chi connectivity index (χ1) is 26.4. The monoisotopic (exact) mass is 812 g/mol. The van der Waals surface area contributed by atoms with Gasteiger partial charge in [-0.1, -0.05) is 139 Å². The van der Waals surface area contributed by atoms with Crippen molar-refractivity contribution < 1.29 is 25.5 Å². The van der Waals surface area contributed by atoms with Crippen molar-refractivity contribution in [1.29, 1.82) is 0 Å². The second-order valence-corrected chi connectivity index (χ2v) is 16.2. The molecule has 8 bridgehead atoms. The van der Waals surface area contributed by atoms with Crippen molar-refractivity contribution in [1.82, 2.24) is 44.6 Å². The van der Waals surface area contributed by atoms with Gasteiger partial charge in [-0.25, -0.2) is 23.1 Å². The summed E-state index contributed by atoms with van der Waals surface area (Å²) in [7, 11) is -3.02. The zero-order valence-electron chi connectivity index (χ0n) is 32.3. The van der Waals surface area contributed by atoms with Gasteiger partial charge in [0.1, 0.15) is 0 Å². The van der Waals surface area contributed by atoms with Gasteiger partial charge < -0.3 is 29.9 Å². The molecule has 2 aliphatic heterocycles. The molecule has 2 aliphatic rings. The molecule has 11 nitrogen and oxygen atoms in total. The Morgan fingerprint density at radius 1 is 0.554 bits per heavy atom. The van der Waals surface area contributed by atoms with E-state index < -0.39 is 10.0 Å². The van der Waals surface area contributed by atoms with Crippen LogP contribution >= 0.6 is 0 Å². The van der Waals surface area contributed by atoms with Crippen LogP contribution in [0.25, 0.3) is 89.7 Å². The maximum atomic E-state index is 10.8. The molecule has 0 saturated carbocycles. The second-order valence-electron chi connectivity index (χ2n) is 14.4. The van der Waals surface area contributed by atoms with Gasteiger partial charge in [0.2, 0.25) is 10.0 Å². The number of nitrogens with one attached hydrogen (secondary N) is 1. The zero-order chi connectivity index (χ0) is 38.9. The normalized spacial score (nSPS) is 12.3. The van der Waals surface area contributed by atoms with Crippen molar-refractivity contribution >= 4 is 54.2 Å². The van der Waals surface area contributed by atoms with Crippen LogP contribution < -0.4 is 14.7 Å². The summed E-state index contributed by atoms with van der Waals surface area (Å²) in [6.45, 7) is 13.2. The summed E-state index contributed by atoms with van der Waals surface area (Å²) in [4.78, 5) is 39.3. The third-order valence-corrected chi connectivity index (χ3v) is 10.5. The van der Waals surface area contributed by atoms with Crippen LogP contribution in [-0.2, 0) is 27.1 Å². The van der Waals surface area contributed by atoms with Gasteiger partial charge in [0, 0.05) is 68.5 Å². The predicted octanol–water partition coefficient (Wildman–Crippen LogP) is 8.76. The molecule has 1 unspecified atom stereocenters. The standard InChI is InChI=1S/C32H16N8.C9H21NO2S.C2H6.Cu/c1-2-10-18-17(9-1)25-33-26(18)38-28-21-13-5-6-14-22(21)30(35-28)40-32-24-16-8-7-15-23(24)31(36-32)39-29-20-12-4-3-11-19(20)27(34-29)37-25;1-8(9(2,3)4)6-7-10-13(5,11)12;1-2;/h1-16H;8,10H,6-7H2,1-5H3;1-2H3;/q-2;;;. The largest absolute Gasteiger partial charge is 0.357 e. The topological polar surface area (TPSA) is 152 Å². The molecule has 1 N–H and O–H groups in total. The number of sulfonamides is 1. The fourth-order valence-electron chi connectivity index (χ4n) is 6.35. The predicted molar refractivity (Wildman–Crippen MR) is 221 cm³/mol. The van der Waals surface area contributed by atoms with Crippen molar-refractivity contribution in [2.75, 3.05) is 12.8 Å². The van der Waals surface area contributed by atoms with Crippen LogP contribution in [0.15, 0.2) is 97.1 Å². The number of aromatic nitrogens is 8. The summed E-state index contributed by atoms with van der Waals surface area (Å²) in [6, 6.07) is 31.8. The number of fused-ring (bicyclic) bond motifs is 20. The summed E-state index contributed by atoms with van der Waals surface area (Å²) in [5.41, 5.74) is 6.03. The number of nitrogens with zero attached hydrogens (tertiary/aromatic N) is 8. The van der Waals surface area contributed by atoms with Crippen LogP contribution in [0.5, 0.6) is 0 Å². The van der Waals surface area contributed by atoms with Gasteiger partial charge in [0.15, 0.2) is 0 Å². The van der Waals surface area contributed by atoms with E-state index in [1.54, 1.807) is 0 Å². The summed E-state index contributed by atoms with van der Waals surface area (Å²) in [6.07, 6.45) is 2.07. The Morgan fingerprint density at radius 2 is 0.839 bits per heavy atom. The number of rotatable bonds is 4. The SMILES string of the molecule is CC.CC(CCNS(C)(=O)=O)C(C)(C)C.[Cu].c1ccc2c(c1)-c1nc-2nc2[n-]c(nc3nc(nc4[n-]c(n1)c1ccccc41)-c1ccccc1-3)c1ccccc21. The smallest absolute Gasteiger partial charge is 0.208 e. The van der Waals surface area contributed by atoms with Crippen molar-refractivity contribution in [2.24, 2.45) is 11.3 Å². The molecule has 291 valence electrons. The molecular formula is C43H43CuN9O2S-2. The van der Waals surface area contributed by atoms with Crippen LogP contribution in [0.3, 0.4) is 0 Å². The Bertz CT molecular complexity index is 2510. The van der Waals surface area contributed by atoms with E-state index in [-0.39, 0.29) is 22.5 Å². The minimum atomic E-state index is -3.02. The molecule has 0 fully saturated rings. The number of benzene rings is 4. The van der Waals surface area contributed by atoms with E-state index in [9.17, 15) is 8.42 Å². The van der Waals surface area contributed by atoms with E-state index in [1.165, 1.54) is 6.26 Å². The van der Waals surface area contributed by atoms with E-state index in [4.69, 9.17) is 39.9 Å². The molecule has 0 amide bonds. The molecule has 0 spiro atoms. The van der Waals surface area contributed by atoms with Crippen molar-refractivity contribution in [3.8, 4) is 45.6 Å². The number of hydrogen-bond donors (Lipinski definition) is 1. The molecule has 7 aromatic rings. The summed E-state index contributed by atoms with van der Waals surface area (Å²) < 4.78 is 24.0. The Balaban J connectivity index is 0.000000287. The average Bonchev–Trinajstić information content (AvgIpc) is 3.91. The Labute approximate surface area is 337 Å². The van der Waals surface area contributed by atoms with E-state index in [0.717, 1.165) is 50.2 Å². The third-order valence-electron chi connectivity index (χ3n) is 9.75. The Kier molecular flexibility index (Phi) is 11.8. The fraction of sp³-hybridized carbons (Fsp3) is 0.256. The first-order valence-electron chi connectivity index (χ1n) is 18.5. The van der Waals surface area contributed by atoms with Gasteiger partial charge >= 0.3 is 0 Å². The van der Waals surface area contributed by atoms with Crippen LogP contribution in [0.2, 0.25) is 0 Å². The third kappa shape index (κ3) is 8.27. The summed E-state index contributed by atoms with van der Waals surface area (Å²) in [5.74, 6) is 2.72. The maximum absolute atomic E-state index is 10.8. The molecule has 56 heavy (non-hydrogen) atoms. The molecule has 0 saturated heterocycles. The van der Waals surface area contributed by atoms with E-state index in [0.29, 0.717) is 58.3 Å². The molecule has 4 aromatic carbocycles. The van der Waals surface area contributed by atoms with Crippen molar-refractivity contribution in [3.05, 3.63) is 97.1 Å². The zero-order valence-corrected chi connectivity index (χ0v) is 34.1. The van der Waals surface area contributed by atoms with Crippen LogP contribution in [0.4, 0.5) is 0 Å². The average molecular weight is 813 g/mol. The number of hydrogen-bond acceptors (Lipinski definition) is 8. The van der Waals surface area contributed by atoms with Gasteiger partial charge in [-0.15, -0.1) is 0 Å². The molecule has 0 aliphatic carbocycles. The van der Waals surface area contributed by atoms with Crippen LogP contribution in [0.1, 0.15) is 48.0 Å².